The number of aromatic nitrogens is 3. The first kappa shape index (κ1) is 35.9. The number of hydrogen-bond acceptors (Lipinski definition) is 9. The van der Waals surface area contributed by atoms with Crippen molar-refractivity contribution in [3.05, 3.63) is 107 Å². The molecule has 2 heterocycles. The molecule has 0 saturated heterocycles. The predicted molar refractivity (Wildman–Crippen MR) is 195 cm³/mol. The first-order chi connectivity index (χ1) is 24.4. The highest BCUT2D eigenvalue weighted by molar-refractivity contribution is 7.46. The summed E-state index contributed by atoms with van der Waals surface area (Å²) in [6, 6.07) is 25.3. The van der Waals surface area contributed by atoms with E-state index in [0.29, 0.717) is 23.0 Å². The van der Waals surface area contributed by atoms with E-state index in [1.165, 1.54) is 18.7 Å². The van der Waals surface area contributed by atoms with E-state index in [1.54, 1.807) is 18.2 Å². The lowest BCUT2D eigenvalue weighted by atomic mass is 9.77. The summed E-state index contributed by atoms with van der Waals surface area (Å²) in [5.41, 5.74) is 7.80. The number of methoxy groups -OCH3 is 2. The number of phosphoric acid groups is 1. The van der Waals surface area contributed by atoms with Crippen LogP contribution in [-0.2, 0) is 21.9 Å². The number of nitrogens with one attached hydrogen (secondary N) is 2. The molecule has 2 aromatic heterocycles. The Labute approximate surface area is 296 Å². The Hall–Kier alpha value is -4.94. The molecule has 13 nitrogen and oxygen atoms in total. The van der Waals surface area contributed by atoms with Crippen LogP contribution in [0.3, 0.4) is 0 Å². The predicted octanol–water partition coefficient (Wildman–Crippen LogP) is 6.24. The quantitative estimate of drug-likeness (QED) is 0.0730. The van der Waals surface area contributed by atoms with E-state index in [4.69, 9.17) is 29.8 Å². The summed E-state index contributed by atoms with van der Waals surface area (Å²) < 4.78 is 31.2. The fourth-order valence-corrected chi connectivity index (χ4v) is 7.36. The van der Waals surface area contributed by atoms with Crippen LogP contribution in [0.1, 0.15) is 59.8 Å². The van der Waals surface area contributed by atoms with E-state index in [2.05, 4.69) is 10.6 Å². The summed E-state index contributed by atoms with van der Waals surface area (Å²) in [4.78, 5) is 38.9. The fourth-order valence-electron chi connectivity index (χ4n) is 6.65. The van der Waals surface area contributed by atoms with E-state index in [1.807, 2.05) is 80.6 Å². The first-order valence-corrected chi connectivity index (χ1v) is 18.3. The van der Waals surface area contributed by atoms with Gasteiger partial charge in [-0.1, -0.05) is 74.5 Å². The van der Waals surface area contributed by atoms with Gasteiger partial charge >= 0.3 is 7.82 Å². The number of ether oxygens (including phenoxy) is 2. The summed E-state index contributed by atoms with van der Waals surface area (Å²) in [5, 5.41) is 11.6. The van der Waals surface area contributed by atoms with Gasteiger partial charge in [-0.15, -0.1) is 5.10 Å². The lowest BCUT2D eigenvalue weighted by Crippen LogP contribution is -2.54. The maximum absolute atomic E-state index is 13.1. The smallest absolute Gasteiger partial charge is 0.470 e. The van der Waals surface area contributed by atoms with Gasteiger partial charge in [-0.2, -0.15) is 4.52 Å². The van der Waals surface area contributed by atoms with Crippen molar-refractivity contribution in [2.75, 3.05) is 24.9 Å². The van der Waals surface area contributed by atoms with Crippen LogP contribution in [-0.4, -0.2) is 56.2 Å². The number of anilines is 3. The molecule has 0 aliphatic heterocycles. The van der Waals surface area contributed by atoms with Crippen molar-refractivity contribution in [1.29, 1.82) is 0 Å². The second kappa shape index (κ2) is 14.7. The highest BCUT2D eigenvalue weighted by Gasteiger charge is 2.47. The largest absolute Gasteiger partial charge is 0.497 e. The van der Waals surface area contributed by atoms with Crippen LogP contribution in [0.5, 0.6) is 11.5 Å². The number of amides is 1. The maximum atomic E-state index is 13.1. The Balaban J connectivity index is 1.52. The summed E-state index contributed by atoms with van der Waals surface area (Å²) in [5.74, 6) is 0.873. The summed E-state index contributed by atoms with van der Waals surface area (Å²) >= 11 is 0. The van der Waals surface area contributed by atoms with E-state index in [0.717, 1.165) is 29.7 Å². The molecule has 1 fully saturated rings. The van der Waals surface area contributed by atoms with Gasteiger partial charge in [0.05, 0.1) is 20.3 Å². The van der Waals surface area contributed by atoms with Crippen LogP contribution >= 0.6 is 7.82 Å². The number of carbonyl (C=O) groups is 1. The molecular formula is C37H43N6O7P. The molecule has 1 saturated carbocycles. The molecule has 1 aliphatic carbocycles. The number of primary amides is 1. The lowest BCUT2D eigenvalue weighted by molar-refractivity contribution is 0.00570. The summed E-state index contributed by atoms with van der Waals surface area (Å²) in [6.07, 6.45) is 2.20. The van der Waals surface area contributed by atoms with Gasteiger partial charge in [-0.3, -0.25) is 9.32 Å². The van der Waals surface area contributed by atoms with Crippen LogP contribution in [0.15, 0.2) is 84.9 Å². The number of carbonyl (C=O) groups excluding carboxylic acids is 1. The normalized spacial score (nSPS) is 14.0. The zero-order valence-corrected chi connectivity index (χ0v) is 29.8. The second-order valence-electron chi connectivity index (χ2n) is 13.2. The molecular weight excluding hydrogens is 671 g/mol. The molecule has 14 heteroatoms. The number of fused-ring (bicyclic) bond motifs is 1. The molecule has 3 aromatic carbocycles. The van der Waals surface area contributed by atoms with Gasteiger partial charge in [0, 0.05) is 54.4 Å². The third kappa shape index (κ3) is 8.34. The third-order valence-electron chi connectivity index (χ3n) is 8.99. The summed E-state index contributed by atoms with van der Waals surface area (Å²) in [6.45, 7) is 3.93. The standard InChI is InChI=1S/C37H43N6O7P/c1-23(2)33(37(50-51(45,46)47,21-24-11-7-5-8-12-24)22-25-13-9-6-10-14-25)41-31-20-30(26-15-16-26)40-36-32(34(38)44)35(42-43(31)36)39-27-17-28(48-3)19-29(18-27)49-4/h5-14,17-20,23,26,33,41H,15-16,21-22H2,1-4H3,(H2,38,44)(H,39,42)(H2,45,46,47)/t33-/m1/s1. The van der Waals surface area contributed by atoms with E-state index in [9.17, 15) is 19.1 Å². The number of nitrogens with two attached hydrogens (primary N) is 1. The zero-order chi connectivity index (χ0) is 36.3. The van der Waals surface area contributed by atoms with Crippen LogP contribution < -0.4 is 25.8 Å². The number of phosphoric ester groups is 1. The molecule has 5 aromatic rings. The van der Waals surface area contributed by atoms with E-state index < -0.39 is 25.4 Å². The minimum absolute atomic E-state index is 0.0785. The maximum Gasteiger partial charge on any atom is 0.470 e. The van der Waals surface area contributed by atoms with E-state index >= 15 is 0 Å². The molecule has 1 aliphatic rings. The van der Waals surface area contributed by atoms with Gasteiger partial charge in [0.1, 0.15) is 28.5 Å². The van der Waals surface area contributed by atoms with Crippen molar-refractivity contribution in [2.45, 2.75) is 57.1 Å². The topological polar surface area (TPSA) is 183 Å². The van der Waals surface area contributed by atoms with Crippen LogP contribution in [0.25, 0.3) is 5.65 Å². The van der Waals surface area contributed by atoms with Crippen molar-refractivity contribution in [3.8, 4) is 11.5 Å². The average Bonchev–Trinajstić information content (AvgIpc) is 3.87. The lowest BCUT2D eigenvalue weighted by Gasteiger charge is -2.43. The van der Waals surface area contributed by atoms with Gasteiger partial charge in [0.2, 0.25) is 0 Å². The number of benzene rings is 3. The fraction of sp³-hybridized carbons (Fsp3) is 0.324. The van der Waals surface area contributed by atoms with Gasteiger partial charge in [0.15, 0.2) is 11.5 Å². The molecule has 268 valence electrons. The minimum Gasteiger partial charge on any atom is -0.497 e. The Morgan fingerprint density at radius 3 is 2.00 bits per heavy atom. The Morgan fingerprint density at radius 1 is 0.961 bits per heavy atom. The van der Waals surface area contributed by atoms with Gasteiger partial charge < -0.3 is 35.6 Å². The van der Waals surface area contributed by atoms with Crippen molar-refractivity contribution in [1.82, 2.24) is 14.6 Å². The molecule has 0 spiro atoms. The number of nitrogens with zero attached hydrogens (tertiary/aromatic N) is 3. The van der Waals surface area contributed by atoms with Gasteiger partial charge in [-0.05, 0) is 29.9 Å². The molecule has 51 heavy (non-hydrogen) atoms. The van der Waals surface area contributed by atoms with Crippen molar-refractivity contribution >= 4 is 36.7 Å². The molecule has 0 unspecified atom stereocenters. The number of hydrogen-bond donors (Lipinski definition) is 5. The highest BCUT2D eigenvalue weighted by Crippen LogP contribution is 2.48. The molecule has 6 rings (SSSR count). The first-order valence-electron chi connectivity index (χ1n) is 16.7. The molecule has 1 amide bonds. The van der Waals surface area contributed by atoms with Crippen LogP contribution in [0.2, 0.25) is 0 Å². The Bertz CT molecular complexity index is 1980. The SMILES string of the molecule is COc1cc(Nc2nn3c(N[C@H](C(C)C)C(Cc4ccccc4)(Cc4ccccc4)OP(=O)(O)O)cc(C4CC4)nc3c2C(N)=O)cc(OC)c1. The van der Waals surface area contributed by atoms with Crippen molar-refractivity contribution < 1.29 is 33.1 Å². The minimum atomic E-state index is -5.06. The zero-order valence-electron chi connectivity index (χ0n) is 28.9. The van der Waals surface area contributed by atoms with Crippen LogP contribution in [0.4, 0.5) is 17.3 Å². The highest BCUT2D eigenvalue weighted by atomic mass is 31.2. The van der Waals surface area contributed by atoms with Gasteiger partial charge in [0.25, 0.3) is 5.91 Å². The van der Waals surface area contributed by atoms with Crippen LogP contribution in [0, 0.1) is 5.92 Å². The Morgan fingerprint density at radius 2 is 1.53 bits per heavy atom. The molecule has 0 bridgehead atoms. The van der Waals surface area contributed by atoms with Gasteiger partial charge in [-0.25, -0.2) is 9.55 Å². The average molecular weight is 715 g/mol. The summed E-state index contributed by atoms with van der Waals surface area (Å²) in [7, 11) is -1.98. The van der Waals surface area contributed by atoms with Crippen molar-refractivity contribution in [3.63, 3.8) is 0 Å². The Kier molecular flexibility index (Phi) is 10.4. The molecule has 0 radical (unpaired) electrons. The molecule has 1 atom stereocenters. The molecule has 6 N–H and O–H groups in total. The number of rotatable bonds is 16. The van der Waals surface area contributed by atoms with Crippen molar-refractivity contribution in [2.24, 2.45) is 11.7 Å². The van der Waals surface area contributed by atoms with E-state index in [-0.39, 0.29) is 41.7 Å². The third-order valence-corrected chi connectivity index (χ3v) is 9.60. The second-order valence-corrected chi connectivity index (χ2v) is 14.4. The monoisotopic (exact) mass is 714 g/mol.